The Labute approximate surface area is 93.9 Å². The zero-order valence-corrected chi connectivity index (χ0v) is 8.96. The molecule has 0 aliphatic heterocycles. The van der Waals surface area contributed by atoms with Crippen LogP contribution < -0.4 is 5.73 Å². The summed E-state index contributed by atoms with van der Waals surface area (Å²) in [4.78, 5) is 3.42. The van der Waals surface area contributed by atoms with Crippen molar-refractivity contribution in [1.29, 1.82) is 5.26 Å². The molecule has 0 bridgehead atoms. The number of fused-ring (bicyclic) bond motifs is 3. The van der Waals surface area contributed by atoms with Gasteiger partial charge in [-0.1, -0.05) is 0 Å². The van der Waals surface area contributed by atoms with Crippen LogP contribution in [0.4, 0.5) is 0 Å². The highest BCUT2D eigenvalue weighted by atomic mass is 14.7. The number of benzene rings is 1. The maximum Gasteiger partial charge on any atom is 0.0991 e. The third-order valence-electron chi connectivity index (χ3n) is 3.36. The molecule has 1 aliphatic carbocycles. The van der Waals surface area contributed by atoms with Crippen LogP contribution in [0.1, 0.15) is 23.2 Å². The Kier molecular flexibility index (Phi) is 1.98. The lowest BCUT2D eigenvalue weighted by atomic mass is 9.92. The van der Waals surface area contributed by atoms with Crippen molar-refractivity contribution in [3.05, 3.63) is 35.0 Å². The second-order valence-electron chi connectivity index (χ2n) is 4.46. The molecule has 1 atom stereocenters. The van der Waals surface area contributed by atoms with E-state index in [1.807, 2.05) is 18.2 Å². The standard InChI is InChI=1S/C13H13N3/c14-7-8-1-3-12-10(5-8)11-6-9(15)2-4-13(11)16-12/h1,3,5,9,16H,2,4,6,15H2. The molecule has 16 heavy (non-hydrogen) atoms. The van der Waals surface area contributed by atoms with Gasteiger partial charge in [-0.3, -0.25) is 0 Å². The van der Waals surface area contributed by atoms with Gasteiger partial charge >= 0.3 is 0 Å². The molecule has 3 rings (SSSR count). The van der Waals surface area contributed by atoms with Crippen LogP contribution in [-0.4, -0.2) is 11.0 Å². The fourth-order valence-electron chi connectivity index (χ4n) is 2.51. The summed E-state index contributed by atoms with van der Waals surface area (Å²) in [5.41, 5.74) is 10.4. The van der Waals surface area contributed by atoms with Gasteiger partial charge in [0.15, 0.2) is 0 Å². The first-order valence-electron chi connectivity index (χ1n) is 5.57. The normalized spacial score (nSPS) is 19.4. The predicted molar refractivity (Wildman–Crippen MR) is 63.0 cm³/mol. The van der Waals surface area contributed by atoms with Gasteiger partial charge in [0.1, 0.15) is 0 Å². The van der Waals surface area contributed by atoms with Crippen LogP contribution >= 0.6 is 0 Å². The zero-order valence-electron chi connectivity index (χ0n) is 8.96. The SMILES string of the molecule is N#Cc1ccc2[nH]c3c(c2c1)CC(N)CC3. The van der Waals surface area contributed by atoms with Crippen molar-refractivity contribution in [3.63, 3.8) is 0 Å². The van der Waals surface area contributed by atoms with E-state index in [4.69, 9.17) is 11.0 Å². The summed E-state index contributed by atoms with van der Waals surface area (Å²) in [6, 6.07) is 8.24. The molecule has 1 aliphatic rings. The maximum atomic E-state index is 8.91. The summed E-state index contributed by atoms with van der Waals surface area (Å²) < 4.78 is 0. The number of aryl methyl sites for hydroxylation is 1. The van der Waals surface area contributed by atoms with Crippen molar-refractivity contribution in [2.45, 2.75) is 25.3 Å². The van der Waals surface area contributed by atoms with Crippen molar-refractivity contribution in [3.8, 4) is 6.07 Å². The number of H-pyrrole nitrogens is 1. The first-order chi connectivity index (χ1) is 7.78. The molecule has 2 aromatic rings. The Bertz CT molecular complexity index is 589. The van der Waals surface area contributed by atoms with Crippen LogP contribution in [-0.2, 0) is 12.8 Å². The van der Waals surface area contributed by atoms with Crippen molar-refractivity contribution >= 4 is 10.9 Å². The number of nitrogens with one attached hydrogen (secondary N) is 1. The van der Waals surface area contributed by atoms with Crippen LogP contribution in [0, 0.1) is 11.3 Å². The molecule has 0 amide bonds. The Morgan fingerprint density at radius 1 is 1.44 bits per heavy atom. The number of nitriles is 1. The Hall–Kier alpha value is -1.79. The molecule has 0 saturated heterocycles. The van der Waals surface area contributed by atoms with E-state index < -0.39 is 0 Å². The first-order valence-corrected chi connectivity index (χ1v) is 5.57. The molecule has 80 valence electrons. The van der Waals surface area contributed by atoms with Gasteiger partial charge in [0.25, 0.3) is 0 Å². The smallest absolute Gasteiger partial charge is 0.0991 e. The van der Waals surface area contributed by atoms with Gasteiger partial charge in [-0.05, 0) is 43.0 Å². The molecule has 0 fully saturated rings. The summed E-state index contributed by atoms with van der Waals surface area (Å²) >= 11 is 0. The third-order valence-corrected chi connectivity index (χ3v) is 3.36. The summed E-state index contributed by atoms with van der Waals surface area (Å²) in [5, 5.41) is 10.1. The van der Waals surface area contributed by atoms with Gasteiger partial charge in [0, 0.05) is 22.6 Å². The number of nitrogens with zero attached hydrogens (tertiary/aromatic N) is 1. The highest BCUT2D eigenvalue weighted by Crippen LogP contribution is 2.29. The molecule has 3 heteroatoms. The van der Waals surface area contributed by atoms with E-state index >= 15 is 0 Å². The molecule has 1 aromatic carbocycles. The third kappa shape index (κ3) is 1.31. The minimum absolute atomic E-state index is 0.261. The maximum absolute atomic E-state index is 8.91. The molecule has 0 radical (unpaired) electrons. The minimum Gasteiger partial charge on any atom is -0.358 e. The van der Waals surface area contributed by atoms with Gasteiger partial charge in [-0.15, -0.1) is 0 Å². The number of hydrogen-bond acceptors (Lipinski definition) is 2. The molecule has 3 nitrogen and oxygen atoms in total. The summed E-state index contributed by atoms with van der Waals surface area (Å²) in [5.74, 6) is 0. The predicted octanol–water partition coefficient (Wildman–Crippen LogP) is 1.86. The number of aromatic amines is 1. The topological polar surface area (TPSA) is 65.6 Å². The van der Waals surface area contributed by atoms with E-state index in [0.717, 1.165) is 24.8 Å². The average molecular weight is 211 g/mol. The van der Waals surface area contributed by atoms with E-state index in [2.05, 4.69) is 11.1 Å². The lowest BCUT2D eigenvalue weighted by Crippen LogP contribution is -2.27. The van der Waals surface area contributed by atoms with E-state index in [1.165, 1.54) is 16.6 Å². The van der Waals surface area contributed by atoms with Gasteiger partial charge in [0.2, 0.25) is 0 Å². The van der Waals surface area contributed by atoms with E-state index in [-0.39, 0.29) is 6.04 Å². The van der Waals surface area contributed by atoms with Crippen molar-refractivity contribution in [2.24, 2.45) is 5.73 Å². The van der Waals surface area contributed by atoms with Crippen LogP contribution in [0.2, 0.25) is 0 Å². The summed E-state index contributed by atoms with van der Waals surface area (Å²) in [6.07, 6.45) is 2.99. The fourth-order valence-corrected chi connectivity index (χ4v) is 2.51. The fraction of sp³-hybridized carbons (Fsp3) is 0.308. The Morgan fingerprint density at radius 3 is 3.12 bits per heavy atom. The highest BCUT2D eigenvalue weighted by molar-refractivity contribution is 5.86. The summed E-state index contributed by atoms with van der Waals surface area (Å²) in [7, 11) is 0. The molecule has 1 aromatic heterocycles. The second-order valence-corrected chi connectivity index (χ2v) is 4.46. The van der Waals surface area contributed by atoms with Crippen LogP contribution in [0.3, 0.4) is 0 Å². The molecule has 0 saturated carbocycles. The van der Waals surface area contributed by atoms with Crippen LogP contribution in [0.5, 0.6) is 0 Å². The quantitative estimate of drug-likeness (QED) is 0.698. The number of hydrogen-bond donors (Lipinski definition) is 2. The molecular weight excluding hydrogens is 198 g/mol. The number of aromatic nitrogens is 1. The average Bonchev–Trinajstić information content (AvgIpc) is 2.66. The molecule has 3 N–H and O–H groups in total. The lowest BCUT2D eigenvalue weighted by molar-refractivity contribution is 0.574. The van der Waals surface area contributed by atoms with E-state index in [9.17, 15) is 0 Å². The second kappa shape index (κ2) is 3.36. The lowest BCUT2D eigenvalue weighted by Gasteiger charge is -2.18. The van der Waals surface area contributed by atoms with E-state index in [1.54, 1.807) is 0 Å². The van der Waals surface area contributed by atoms with Gasteiger partial charge in [-0.25, -0.2) is 0 Å². The van der Waals surface area contributed by atoms with Gasteiger partial charge < -0.3 is 10.7 Å². The zero-order chi connectivity index (χ0) is 11.1. The molecular formula is C13H13N3. The minimum atomic E-state index is 0.261. The van der Waals surface area contributed by atoms with E-state index in [0.29, 0.717) is 5.56 Å². The van der Waals surface area contributed by atoms with Gasteiger partial charge in [0.05, 0.1) is 11.6 Å². The Morgan fingerprint density at radius 2 is 2.31 bits per heavy atom. The van der Waals surface area contributed by atoms with Crippen LogP contribution in [0.15, 0.2) is 18.2 Å². The molecule has 1 heterocycles. The molecule has 0 spiro atoms. The van der Waals surface area contributed by atoms with Crippen molar-refractivity contribution < 1.29 is 0 Å². The number of rotatable bonds is 0. The number of nitrogens with two attached hydrogens (primary N) is 1. The highest BCUT2D eigenvalue weighted by Gasteiger charge is 2.19. The first kappa shape index (κ1) is 9.44. The summed E-state index contributed by atoms with van der Waals surface area (Å²) in [6.45, 7) is 0. The van der Waals surface area contributed by atoms with Crippen molar-refractivity contribution in [1.82, 2.24) is 4.98 Å². The van der Waals surface area contributed by atoms with Gasteiger partial charge in [-0.2, -0.15) is 5.26 Å². The Balaban J connectivity index is 2.25. The van der Waals surface area contributed by atoms with Crippen LogP contribution in [0.25, 0.3) is 10.9 Å². The molecule has 1 unspecified atom stereocenters. The largest absolute Gasteiger partial charge is 0.358 e. The van der Waals surface area contributed by atoms with Crippen molar-refractivity contribution in [2.75, 3.05) is 0 Å². The monoisotopic (exact) mass is 211 g/mol.